The van der Waals surface area contributed by atoms with E-state index >= 15 is 0 Å². The number of amides is 1. The number of benzene rings is 2. The first-order chi connectivity index (χ1) is 17.3. The summed E-state index contributed by atoms with van der Waals surface area (Å²) in [6, 6.07) is 11.9. The smallest absolute Gasteiger partial charge is 0.270 e. The number of thioether (sulfide) groups is 1. The maximum atomic E-state index is 13.5. The third kappa shape index (κ3) is 4.57. The van der Waals surface area contributed by atoms with E-state index in [0.717, 1.165) is 43.4 Å². The predicted octanol–water partition coefficient (Wildman–Crippen LogP) is 7.13. The molecule has 6 nitrogen and oxygen atoms in total. The monoisotopic (exact) mass is 558 g/mol. The number of aromatic nitrogens is 3. The number of nitrogens with zero attached hydrogens (tertiary/aromatic N) is 3. The number of rotatable bonds is 6. The molecule has 0 saturated carbocycles. The molecule has 1 amide bonds. The number of thiazole rings is 1. The lowest BCUT2D eigenvalue weighted by Crippen LogP contribution is -2.29. The topological polar surface area (TPSA) is 69.0 Å². The SMILES string of the molecule is COCCNC(=O)c1c(-c2cccc(C)c2)c(C)nn1-c1nc2c(s1)SC(C)c1cc(Cl)c(Cl)cc1-2. The van der Waals surface area contributed by atoms with Crippen LogP contribution in [0.3, 0.4) is 0 Å². The minimum atomic E-state index is -0.228. The third-order valence-corrected chi connectivity index (χ3v) is 9.11. The molecule has 2 aromatic carbocycles. The van der Waals surface area contributed by atoms with E-state index in [4.69, 9.17) is 38.0 Å². The molecule has 1 atom stereocenters. The second kappa shape index (κ2) is 10.2. The first-order valence-corrected chi connectivity index (χ1v) is 13.8. The van der Waals surface area contributed by atoms with Crippen molar-refractivity contribution in [3.8, 4) is 27.5 Å². The van der Waals surface area contributed by atoms with Crippen molar-refractivity contribution in [2.45, 2.75) is 30.2 Å². The quantitative estimate of drug-likeness (QED) is 0.255. The van der Waals surface area contributed by atoms with Crippen LogP contribution in [0.5, 0.6) is 0 Å². The van der Waals surface area contributed by atoms with Crippen molar-refractivity contribution in [1.29, 1.82) is 0 Å². The average molecular weight is 560 g/mol. The van der Waals surface area contributed by atoms with Crippen LogP contribution in [0.4, 0.5) is 0 Å². The van der Waals surface area contributed by atoms with E-state index in [-0.39, 0.29) is 11.2 Å². The Kier molecular flexibility index (Phi) is 7.16. The van der Waals surface area contributed by atoms with Crippen molar-refractivity contribution in [3.05, 3.63) is 69.0 Å². The lowest BCUT2D eigenvalue weighted by molar-refractivity contribution is 0.0930. The van der Waals surface area contributed by atoms with Crippen molar-refractivity contribution >= 4 is 52.2 Å². The number of nitrogens with one attached hydrogen (secondary N) is 1. The fraction of sp³-hybridized carbons (Fsp3) is 0.269. The highest BCUT2D eigenvalue weighted by atomic mass is 35.5. The number of halogens is 2. The third-order valence-electron chi connectivity index (χ3n) is 6.01. The van der Waals surface area contributed by atoms with Crippen LogP contribution < -0.4 is 5.32 Å². The molecular weight excluding hydrogens is 535 g/mol. The summed E-state index contributed by atoms with van der Waals surface area (Å²) in [7, 11) is 1.61. The van der Waals surface area contributed by atoms with Crippen LogP contribution in [-0.4, -0.2) is 40.9 Å². The molecule has 0 fully saturated rings. The molecule has 0 radical (unpaired) electrons. The van der Waals surface area contributed by atoms with Gasteiger partial charge in [0.15, 0.2) is 0 Å². The first kappa shape index (κ1) is 25.3. The number of methoxy groups -OCH3 is 1. The van der Waals surface area contributed by atoms with Crippen molar-refractivity contribution in [3.63, 3.8) is 0 Å². The zero-order chi connectivity index (χ0) is 25.6. The van der Waals surface area contributed by atoms with E-state index in [1.807, 2.05) is 44.2 Å². The largest absolute Gasteiger partial charge is 0.383 e. The number of fused-ring (bicyclic) bond motifs is 3. The second-order valence-electron chi connectivity index (χ2n) is 8.59. The van der Waals surface area contributed by atoms with Crippen LogP contribution >= 0.6 is 46.3 Å². The number of ether oxygens (including phenoxy) is 1. The molecule has 1 unspecified atom stereocenters. The van der Waals surface area contributed by atoms with E-state index in [2.05, 4.69) is 18.3 Å². The van der Waals surface area contributed by atoms with E-state index in [9.17, 15) is 4.79 Å². The Morgan fingerprint density at radius 3 is 2.72 bits per heavy atom. The van der Waals surface area contributed by atoms with Gasteiger partial charge in [-0.2, -0.15) is 9.78 Å². The molecule has 2 aromatic heterocycles. The summed E-state index contributed by atoms with van der Waals surface area (Å²) < 4.78 is 7.85. The predicted molar refractivity (Wildman–Crippen MR) is 148 cm³/mol. The van der Waals surface area contributed by atoms with Gasteiger partial charge in [-0.1, -0.05) is 64.4 Å². The van der Waals surface area contributed by atoms with Gasteiger partial charge in [-0.05, 0) is 44.0 Å². The van der Waals surface area contributed by atoms with Gasteiger partial charge in [0, 0.05) is 30.0 Å². The van der Waals surface area contributed by atoms with Crippen LogP contribution in [0.2, 0.25) is 10.0 Å². The summed E-state index contributed by atoms with van der Waals surface area (Å²) in [6.07, 6.45) is 0. The van der Waals surface area contributed by atoms with Gasteiger partial charge in [0.2, 0.25) is 5.13 Å². The summed E-state index contributed by atoms with van der Waals surface area (Å²) >= 11 is 15.9. The molecule has 0 aliphatic carbocycles. The number of carbonyl (C=O) groups is 1. The van der Waals surface area contributed by atoms with Crippen molar-refractivity contribution in [2.75, 3.05) is 20.3 Å². The van der Waals surface area contributed by atoms with Crippen LogP contribution in [0.15, 0.2) is 40.6 Å². The van der Waals surface area contributed by atoms with Crippen LogP contribution in [-0.2, 0) is 4.74 Å². The Balaban J connectivity index is 1.67. The van der Waals surface area contributed by atoms with Crippen LogP contribution in [0.25, 0.3) is 27.5 Å². The fourth-order valence-electron chi connectivity index (χ4n) is 4.34. The summed E-state index contributed by atoms with van der Waals surface area (Å²) in [5.74, 6) is -0.228. The van der Waals surface area contributed by atoms with Gasteiger partial charge >= 0.3 is 0 Å². The number of carbonyl (C=O) groups excluding carboxylic acids is 1. The minimum absolute atomic E-state index is 0.189. The van der Waals surface area contributed by atoms with Crippen LogP contribution in [0.1, 0.15) is 39.5 Å². The maximum Gasteiger partial charge on any atom is 0.270 e. The summed E-state index contributed by atoms with van der Waals surface area (Å²) in [4.78, 5) is 18.5. The number of hydrogen-bond donors (Lipinski definition) is 1. The molecule has 4 aromatic rings. The Labute approximate surface area is 228 Å². The van der Waals surface area contributed by atoms with Gasteiger partial charge in [0.25, 0.3) is 5.91 Å². The molecule has 0 bridgehead atoms. The Morgan fingerprint density at radius 2 is 1.97 bits per heavy atom. The first-order valence-electron chi connectivity index (χ1n) is 11.4. The number of aryl methyl sites for hydroxylation is 2. The van der Waals surface area contributed by atoms with E-state index in [0.29, 0.717) is 34.0 Å². The number of hydrogen-bond acceptors (Lipinski definition) is 6. The van der Waals surface area contributed by atoms with Crippen molar-refractivity contribution in [1.82, 2.24) is 20.1 Å². The van der Waals surface area contributed by atoms with Gasteiger partial charge in [-0.15, -0.1) is 11.8 Å². The van der Waals surface area contributed by atoms with Crippen molar-refractivity contribution < 1.29 is 9.53 Å². The Morgan fingerprint density at radius 1 is 1.19 bits per heavy atom. The summed E-state index contributed by atoms with van der Waals surface area (Å²) in [6.45, 7) is 6.89. The lowest BCUT2D eigenvalue weighted by atomic mass is 10.0. The van der Waals surface area contributed by atoms with Gasteiger partial charge in [0.05, 0.1) is 32.2 Å². The zero-order valence-corrected chi connectivity index (χ0v) is 23.3. The molecule has 5 rings (SSSR count). The Hall–Kier alpha value is -2.36. The van der Waals surface area contributed by atoms with E-state index in [1.165, 1.54) is 11.3 Å². The van der Waals surface area contributed by atoms with Crippen LogP contribution in [0, 0.1) is 13.8 Å². The molecule has 1 aliphatic heterocycles. The molecule has 186 valence electrons. The molecule has 1 N–H and O–H groups in total. The van der Waals surface area contributed by atoms with Crippen molar-refractivity contribution in [2.24, 2.45) is 0 Å². The molecule has 0 saturated heterocycles. The van der Waals surface area contributed by atoms with E-state index in [1.54, 1.807) is 23.6 Å². The Bertz CT molecular complexity index is 1480. The maximum absolute atomic E-state index is 13.5. The minimum Gasteiger partial charge on any atom is -0.383 e. The van der Waals surface area contributed by atoms with Gasteiger partial charge in [0.1, 0.15) is 5.69 Å². The van der Waals surface area contributed by atoms with E-state index < -0.39 is 0 Å². The molecule has 36 heavy (non-hydrogen) atoms. The molecule has 1 aliphatic rings. The molecular formula is C26H24Cl2N4O2S2. The van der Waals surface area contributed by atoms with Gasteiger partial charge < -0.3 is 10.1 Å². The summed E-state index contributed by atoms with van der Waals surface area (Å²) in [5.41, 5.74) is 6.92. The second-order valence-corrected chi connectivity index (χ2v) is 12.0. The average Bonchev–Trinajstić information content (AvgIpc) is 3.41. The van der Waals surface area contributed by atoms with Gasteiger partial charge in [-0.25, -0.2) is 4.98 Å². The lowest BCUT2D eigenvalue weighted by Gasteiger charge is -2.21. The molecule has 0 spiro atoms. The summed E-state index contributed by atoms with van der Waals surface area (Å²) in [5, 5.41) is 9.60. The highest BCUT2D eigenvalue weighted by molar-refractivity contribution is 8.01. The standard InChI is InChI=1S/C26H24Cl2N4O2S2/c1-13-6-5-7-16(10-13)21-14(2)31-32(23(21)24(33)29-8-9-34-4)26-30-22-18-12-20(28)19(27)11-17(18)15(3)35-25(22)36-26/h5-7,10-12,15H,8-9H2,1-4H3,(H,29,33). The highest BCUT2D eigenvalue weighted by Gasteiger charge is 2.31. The molecule has 3 heterocycles. The highest BCUT2D eigenvalue weighted by Crippen LogP contribution is 2.53. The van der Waals surface area contributed by atoms with Gasteiger partial charge in [-0.3, -0.25) is 4.79 Å². The zero-order valence-electron chi connectivity index (χ0n) is 20.2. The normalized spacial score (nSPS) is 14.4. The fourth-order valence-corrected chi connectivity index (χ4v) is 7.20. The molecule has 10 heteroatoms.